The standard InChI is InChI=1S/C17H19N3O/c1-3-17(2,18)16-19-15(21-20-16)11-13-9-6-8-12-7-4-5-10-14(12)13/h4-10H,3,11,18H2,1-2H3. The Bertz CT molecular complexity index is 756. The van der Waals surface area contributed by atoms with Crippen LogP contribution in [0.15, 0.2) is 47.0 Å². The largest absolute Gasteiger partial charge is 0.339 e. The summed E-state index contributed by atoms with van der Waals surface area (Å²) in [6.07, 6.45) is 1.38. The Morgan fingerprint density at radius 3 is 2.71 bits per heavy atom. The number of nitrogens with two attached hydrogens (primary N) is 1. The highest BCUT2D eigenvalue weighted by molar-refractivity contribution is 5.85. The number of rotatable bonds is 4. The maximum Gasteiger partial charge on any atom is 0.231 e. The van der Waals surface area contributed by atoms with Gasteiger partial charge in [-0.3, -0.25) is 0 Å². The smallest absolute Gasteiger partial charge is 0.231 e. The summed E-state index contributed by atoms with van der Waals surface area (Å²) in [6.45, 7) is 3.93. The van der Waals surface area contributed by atoms with Crippen LogP contribution in [0.1, 0.15) is 37.5 Å². The first kappa shape index (κ1) is 13.8. The van der Waals surface area contributed by atoms with Gasteiger partial charge in [0.15, 0.2) is 5.82 Å². The molecule has 0 aliphatic carbocycles. The van der Waals surface area contributed by atoms with Gasteiger partial charge in [0.1, 0.15) is 0 Å². The van der Waals surface area contributed by atoms with E-state index in [4.69, 9.17) is 10.3 Å². The Labute approximate surface area is 124 Å². The van der Waals surface area contributed by atoms with Crippen LogP contribution in [-0.2, 0) is 12.0 Å². The Morgan fingerprint density at radius 2 is 1.90 bits per heavy atom. The van der Waals surface area contributed by atoms with Crippen molar-refractivity contribution < 1.29 is 4.52 Å². The Morgan fingerprint density at radius 1 is 1.14 bits per heavy atom. The average Bonchev–Trinajstić information content (AvgIpc) is 2.97. The highest BCUT2D eigenvalue weighted by Crippen LogP contribution is 2.22. The van der Waals surface area contributed by atoms with Gasteiger partial charge in [0.05, 0.1) is 12.0 Å². The minimum Gasteiger partial charge on any atom is -0.339 e. The fraction of sp³-hybridized carbons (Fsp3) is 0.294. The lowest BCUT2D eigenvalue weighted by Gasteiger charge is -2.16. The van der Waals surface area contributed by atoms with Crippen LogP contribution in [0.4, 0.5) is 0 Å². The first-order valence-electron chi connectivity index (χ1n) is 7.19. The molecule has 1 aromatic heterocycles. The lowest BCUT2D eigenvalue weighted by atomic mass is 10.00. The Kier molecular flexibility index (Phi) is 3.47. The third-order valence-corrected chi connectivity index (χ3v) is 3.93. The lowest BCUT2D eigenvalue weighted by Crippen LogP contribution is -2.33. The van der Waals surface area contributed by atoms with Gasteiger partial charge in [-0.05, 0) is 29.7 Å². The van der Waals surface area contributed by atoms with Crippen molar-refractivity contribution in [3.8, 4) is 0 Å². The highest BCUT2D eigenvalue weighted by Gasteiger charge is 2.25. The molecule has 0 saturated carbocycles. The number of aromatic nitrogens is 2. The molecular formula is C17H19N3O. The van der Waals surface area contributed by atoms with E-state index in [0.29, 0.717) is 18.1 Å². The van der Waals surface area contributed by atoms with Crippen molar-refractivity contribution in [3.63, 3.8) is 0 Å². The van der Waals surface area contributed by atoms with E-state index in [2.05, 4.69) is 34.4 Å². The SMILES string of the molecule is CCC(C)(N)c1noc(Cc2cccc3ccccc23)n1. The van der Waals surface area contributed by atoms with E-state index in [0.717, 1.165) is 6.42 Å². The lowest BCUT2D eigenvalue weighted by molar-refractivity contribution is 0.356. The van der Waals surface area contributed by atoms with Gasteiger partial charge >= 0.3 is 0 Å². The Balaban J connectivity index is 1.93. The fourth-order valence-electron chi connectivity index (χ4n) is 2.33. The number of nitrogens with zero attached hydrogens (tertiary/aromatic N) is 2. The summed E-state index contributed by atoms with van der Waals surface area (Å²) in [6, 6.07) is 14.5. The highest BCUT2D eigenvalue weighted by atomic mass is 16.5. The molecule has 0 spiro atoms. The molecule has 0 amide bonds. The van der Waals surface area contributed by atoms with Crippen LogP contribution in [0.5, 0.6) is 0 Å². The maximum absolute atomic E-state index is 6.15. The van der Waals surface area contributed by atoms with Crippen molar-refractivity contribution >= 4 is 10.8 Å². The molecule has 2 aromatic carbocycles. The molecule has 3 rings (SSSR count). The molecule has 4 nitrogen and oxygen atoms in total. The monoisotopic (exact) mass is 281 g/mol. The van der Waals surface area contributed by atoms with Crippen LogP contribution < -0.4 is 5.73 Å². The van der Waals surface area contributed by atoms with Crippen molar-refractivity contribution in [2.45, 2.75) is 32.2 Å². The van der Waals surface area contributed by atoms with Crippen LogP contribution in [0, 0.1) is 0 Å². The third kappa shape index (κ3) is 2.67. The van der Waals surface area contributed by atoms with Crippen LogP contribution in [-0.4, -0.2) is 10.1 Å². The molecule has 21 heavy (non-hydrogen) atoms. The fourth-order valence-corrected chi connectivity index (χ4v) is 2.33. The van der Waals surface area contributed by atoms with E-state index in [1.54, 1.807) is 0 Å². The van der Waals surface area contributed by atoms with Crippen LogP contribution in [0.25, 0.3) is 10.8 Å². The van der Waals surface area contributed by atoms with Gasteiger partial charge in [-0.15, -0.1) is 0 Å². The topological polar surface area (TPSA) is 64.9 Å². The molecule has 0 aliphatic rings. The Hall–Kier alpha value is -2.20. The summed E-state index contributed by atoms with van der Waals surface area (Å²) in [4.78, 5) is 4.45. The van der Waals surface area contributed by atoms with Gasteiger partial charge in [0, 0.05) is 0 Å². The van der Waals surface area contributed by atoms with Crippen LogP contribution in [0.2, 0.25) is 0 Å². The normalized spacial score (nSPS) is 14.2. The molecule has 4 heteroatoms. The van der Waals surface area contributed by atoms with E-state index >= 15 is 0 Å². The van der Waals surface area contributed by atoms with Crippen molar-refractivity contribution in [3.05, 3.63) is 59.7 Å². The molecule has 0 bridgehead atoms. The summed E-state index contributed by atoms with van der Waals surface area (Å²) >= 11 is 0. The minimum absolute atomic E-state index is 0.541. The van der Waals surface area contributed by atoms with E-state index in [9.17, 15) is 0 Å². The summed E-state index contributed by atoms with van der Waals surface area (Å²) in [5.41, 5.74) is 6.79. The second-order valence-electron chi connectivity index (χ2n) is 5.60. The van der Waals surface area contributed by atoms with Crippen LogP contribution >= 0.6 is 0 Å². The molecule has 1 heterocycles. The van der Waals surface area contributed by atoms with Gasteiger partial charge in [-0.25, -0.2) is 0 Å². The molecule has 1 unspecified atom stereocenters. The van der Waals surface area contributed by atoms with Gasteiger partial charge in [0.25, 0.3) is 0 Å². The summed E-state index contributed by atoms with van der Waals surface area (Å²) < 4.78 is 5.36. The zero-order valence-electron chi connectivity index (χ0n) is 12.3. The summed E-state index contributed by atoms with van der Waals surface area (Å²) in [5.74, 6) is 1.17. The summed E-state index contributed by atoms with van der Waals surface area (Å²) in [5, 5.41) is 6.45. The number of hydrogen-bond donors (Lipinski definition) is 1. The number of hydrogen-bond acceptors (Lipinski definition) is 4. The van der Waals surface area contributed by atoms with Gasteiger partial charge in [-0.2, -0.15) is 4.98 Å². The van der Waals surface area contributed by atoms with E-state index in [1.165, 1.54) is 16.3 Å². The molecule has 0 radical (unpaired) electrons. The predicted octanol–water partition coefficient (Wildman–Crippen LogP) is 3.40. The van der Waals surface area contributed by atoms with Crippen molar-refractivity contribution in [1.29, 1.82) is 0 Å². The van der Waals surface area contributed by atoms with Gasteiger partial charge in [-0.1, -0.05) is 54.5 Å². The third-order valence-electron chi connectivity index (χ3n) is 3.93. The molecular weight excluding hydrogens is 262 g/mol. The number of fused-ring (bicyclic) bond motifs is 1. The first-order valence-corrected chi connectivity index (χ1v) is 7.19. The van der Waals surface area contributed by atoms with Gasteiger partial charge < -0.3 is 10.3 Å². The zero-order valence-corrected chi connectivity index (χ0v) is 12.3. The van der Waals surface area contributed by atoms with Crippen LogP contribution in [0.3, 0.4) is 0 Å². The number of benzene rings is 2. The van der Waals surface area contributed by atoms with E-state index < -0.39 is 5.54 Å². The van der Waals surface area contributed by atoms with Crippen molar-refractivity contribution in [2.24, 2.45) is 5.73 Å². The molecule has 3 aromatic rings. The minimum atomic E-state index is -0.541. The van der Waals surface area contributed by atoms with Crippen molar-refractivity contribution in [1.82, 2.24) is 10.1 Å². The second kappa shape index (κ2) is 5.30. The zero-order chi connectivity index (χ0) is 14.9. The van der Waals surface area contributed by atoms with E-state index in [1.807, 2.05) is 32.0 Å². The maximum atomic E-state index is 6.15. The summed E-state index contributed by atoms with van der Waals surface area (Å²) in [7, 11) is 0. The predicted molar refractivity (Wildman–Crippen MR) is 82.9 cm³/mol. The molecule has 0 aliphatic heterocycles. The molecule has 0 saturated heterocycles. The first-order chi connectivity index (χ1) is 10.1. The molecule has 108 valence electrons. The molecule has 1 atom stereocenters. The average molecular weight is 281 g/mol. The molecule has 0 fully saturated rings. The quantitative estimate of drug-likeness (QED) is 0.796. The van der Waals surface area contributed by atoms with Gasteiger partial charge in [0.2, 0.25) is 5.89 Å². The van der Waals surface area contributed by atoms with E-state index in [-0.39, 0.29) is 0 Å². The second-order valence-corrected chi connectivity index (χ2v) is 5.60. The molecule has 2 N–H and O–H groups in total. The van der Waals surface area contributed by atoms with Crippen molar-refractivity contribution in [2.75, 3.05) is 0 Å².